The van der Waals surface area contributed by atoms with Crippen LogP contribution in [0.4, 0.5) is 22.1 Å². The van der Waals surface area contributed by atoms with Gasteiger partial charge in [0.2, 0.25) is 0 Å². The van der Waals surface area contributed by atoms with Crippen molar-refractivity contribution in [2.24, 2.45) is 0 Å². The van der Waals surface area contributed by atoms with E-state index in [1.807, 2.05) is 42.5 Å². The van der Waals surface area contributed by atoms with Crippen LogP contribution in [0.5, 0.6) is 23.0 Å². The lowest BCUT2D eigenvalue weighted by atomic mass is 9.92. The number of hydrogen-bond acceptors (Lipinski definition) is 8. The molecule has 0 aliphatic rings. The topological polar surface area (TPSA) is 138 Å². The molecule has 12 heteroatoms. The number of aromatic nitrogens is 3. The third kappa shape index (κ3) is 7.36. The number of methoxy groups -OCH3 is 3. The molecular weight excluding hydrogens is 588 g/mol. The molecule has 3 N–H and O–H groups in total. The summed E-state index contributed by atoms with van der Waals surface area (Å²) >= 11 is 0. The molecule has 0 radical (unpaired) electrons. The molecule has 2 aromatic heterocycles. The zero-order chi connectivity index (χ0) is 32.8. The first-order chi connectivity index (χ1) is 22.1. The first-order valence-corrected chi connectivity index (χ1v) is 14.4. The summed E-state index contributed by atoms with van der Waals surface area (Å²) in [5.41, 5.74) is 1.74. The van der Waals surface area contributed by atoms with Crippen molar-refractivity contribution in [3.63, 3.8) is 0 Å². The maximum absolute atomic E-state index is 13.5. The number of benzene rings is 3. The molecule has 5 aromatic rings. The van der Waals surface area contributed by atoms with Gasteiger partial charge in [-0.25, -0.2) is 14.5 Å². The van der Waals surface area contributed by atoms with E-state index in [-0.39, 0.29) is 17.9 Å². The van der Waals surface area contributed by atoms with Gasteiger partial charge in [-0.2, -0.15) is 5.10 Å². The Labute approximate surface area is 266 Å². The summed E-state index contributed by atoms with van der Waals surface area (Å²) in [6.07, 6.45) is 1.54. The Morgan fingerprint density at radius 3 is 2.20 bits per heavy atom. The molecule has 0 bridgehead atoms. The van der Waals surface area contributed by atoms with E-state index < -0.39 is 6.03 Å². The number of nitrogens with zero attached hydrogens (tertiary/aromatic N) is 3. The molecule has 0 spiro atoms. The number of anilines is 3. The van der Waals surface area contributed by atoms with Crippen LogP contribution >= 0.6 is 0 Å². The van der Waals surface area contributed by atoms with E-state index in [0.717, 1.165) is 16.5 Å². The molecule has 0 atom stereocenters. The van der Waals surface area contributed by atoms with Crippen LogP contribution in [0.25, 0.3) is 16.5 Å². The van der Waals surface area contributed by atoms with Gasteiger partial charge in [0.05, 0.1) is 31.3 Å². The van der Waals surface area contributed by atoms with E-state index >= 15 is 0 Å². The van der Waals surface area contributed by atoms with E-state index in [1.165, 1.54) is 13.3 Å². The molecule has 0 aliphatic carbocycles. The summed E-state index contributed by atoms with van der Waals surface area (Å²) in [6.45, 7) is 6.07. The highest BCUT2D eigenvalue weighted by atomic mass is 16.5. The summed E-state index contributed by atoms with van der Waals surface area (Å²) in [7, 11) is 4.60. The molecule has 5 rings (SSSR count). The number of rotatable bonds is 10. The predicted molar refractivity (Wildman–Crippen MR) is 177 cm³/mol. The molecular formula is C34H36N6O6. The highest BCUT2D eigenvalue weighted by Gasteiger charge is 2.22. The molecule has 0 aliphatic heterocycles. The number of urea groups is 1. The summed E-state index contributed by atoms with van der Waals surface area (Å²) in [4.78, 5) is 29.5. The molecule has 3 aromatic carbocycles. The molecule has 3 amide bonds. The average Bonchev–Trinajstić information content (AvgIpc) is 3.46. The van der Waals surface area contributed by atoms with Gasteiger partial charge in [-0.05, 0) is 18.2 Å². The number of nitrogens with one attached hydrogen (secondary N) is 3. The lowest BCUT2D eigenvalue weighted by Gasteiger charge is -2.15. The Balaban J connectivity index is 1.41. The molecule has 0 unspecified atom stereocenters. The molecule has 2 heterocycles. The largest absolute Gasteiger partial charge is 0.497 e. The van der Waals surface area contributed by atoms with Crippen LogP contribution in [-0.4, -0.2) is 54.6 Å². The third-order valence-electron chi connectivity index (χ3n) is 6.93. The van der Waals surface area contributed by atoms with Crippen molar-refractivity contribution in [3.8, 4) is 28.7 Å². The van der Waals surface area contributed by atoms with Crippen molar-refractivity contribution in [1.82, 2.24) is 14.8 Å². The number of hydrogen-bond donors (Lipinski definition) is 3. The second-order valence-corrected chi connectivity index (χ2v) is 11.3. The maximum atomic E-state index is 13.5. The third-order valence-corrected chi connectivity index (χ3v) is 6.93. The van der Waals surface area contributed by atoms with Crippen molar-refractivity contribution in [1.29, 1.82) is 0 Å². The van der Waals surface area contributed by atoms with Crippen molar-refractivity contribution in [2.45, 2.75) is 26.2 Å². The Morgan fingerprint density at radius 2 is 1.52 bits per heavy atom. The van der Waals surface area contributed by atoms with Crippen LogP contribution in [0, 0.1) is 0 Å². The quantitative estimate of drug-likeness (QED) is 0.155. The van der Waals surface area contributed by atoms with Gasteiger partial charge < -0.3 is 29.6 Å². The SMILES string of the molecule is COCC(=O)Nc1cc(Oc2ccc(NC(=O)Nc3cc(C(C)(C)C)nn3-c3cc(OC)cc(OC)c3)c3ccccc23)ccn1. The highest BCUT2D eigenvalue weighted by Crippen LogP contribution is 2.35. The van der Waals surface area contributed by atoms with Gasteiger partial charge in [-0.1, -0.05) is 45.0 Å². The fourth-order valence-electron chi connectivity index (χ4n) is 4.67. The second kappa shape index (κ2) is 13.6. The Bertz CT molecular complexity index is 1860. The Hall–Kier alpha value is -5.62. The minimum absolute atomic E-state index is 0.0880. The summed E-state index contributed by atoms with van der Waals surface area (Å²) in [6, 6.07) is 21.2. The van der Waals surface area contributed by atoms with Gasteiger partial charge in [0.25, 0.3) is 5.91 Å². The number of carbonyl (C=O) groups is 2. The smallest absolute Gasteiger partial charge is 0.324 e. The number of ether oxygens (including phenoxy) is 4. The lowest BCUT2D eigenvalue weighted by Crippen LogP contribution is -2.21. The van der Waals surface area contributed by atoms with Crippen molar-refractivity contribution < 1.29 is 28.5 Å². The molecule has 0 fully saturated rings. The van der Waals surface area contributed by atoms with Crippen LogP contribution in [0.1, 0.15) is 26.5 Å². The van der Waals surface area contributed by atoms with Crippen LogP contribution in [0.15, 0.2) is 79.0 Å². The number of carbonyl (C=O) groups excluding carboxylic acids is 2. The van der Waals surface area contributed by atoms with Gasteiger partial charge in [-0.15, -0.1) is 0 Å². The van der Waals surface area contributed by atoms with E-state index in [2.05, 4.69) is 41.7 Å². The van der Waals surface area contributed by atoms with E-state index in [9.17, 15) is 9.59 Å². The van der Waals surface area contributed by atoms with Crippen molar-refractivity contribution in [3.05, 3.63) is 84.7 Å². The van der Waals surface area contributed by atoms with Crippen LogP contribution in [0.2, 0.25) is 0 Å². The van der Waals surface area contributed by atoms with E-state index in [0.29, 0.717) is 46.0 Å². The van der Waals surface area contributed by atoms with Gasteiger partial charge in [0.1, 0.15) is 41.2 Å². The number of pyridine rings is 1. The van der Waals surface area contributed by atoms with Gasteiger partial charge >= 0.3 is 6.03 Å². The normalized spacial score (nSPS) is 11.2. The van der Waals surface area contributed by atoms with Crippen LogP contribution in [0.3, 0.4) is 0 Å². The monoisotopic (exact) mass is 624 g/mol. The number of fused-ring (bicyclic) bond motifs is 1. The van der Waals surface area contributed by atoms with Crippen molar-refractivity contribution >= 4 is 40.0 Å². The standard InChI is InChI=1S/C34H36N6O6/c1-34(2,3)29-19-31(40(39-29)21-15-23(44-5)17-24(16-21)45-6)38-33(42)36-27-11-12-28(26-10-8-7-9-25(26)27)46-22-13-14-35-30(18-22)37-32(41)20-43-4/h7-19H,20H2,1-6H3,(H,35,37,41)(H2,36,38,42). The van der Waals surface area contributed by atoms with Gasteiger partial charge in [0.15, 0.2) is 0 Å². The van der Waals surface area contributed by atoms with Crippen molar-refractivity contribution in [2.75, 3.05) is 43.9 Å². The minimum atomic E-state index is -0.458. The number of amides is 3. The fourth-order valence-corrected chi connectivity index (χ4v) is 4.67. The van der Waals surface area contributed by atoms with Gasteiger partial charge in [0, 0.05) is 59.8 Å². The first kappa shape index (κ1) is 31.8. The Kier molecular flexibility index (Phi) is 9.38. The molecule has 46 heavy (non-hydrogen) atoms. The molecule has 0 saturated heterocycles. The lowest BCUT2D eigenvalue weighted by molar-refractivity contribution is -0.119. The average molecular weight is 625 g/mol. The highest BCUT2D eigenvalue weighted by molar-refractivity contribution is 6.07. The second-order valence-electron chi connectivity index (χ2n) is 11.3. The molecule has 238 valence electrons. The minimum Gasteiger partial charge on any atom is -0.497 e. The molecule has 12 nitrogen and oxygen atoms in total. The molecule has 0 saturated carbocycles. The van der Waals surface area contributed by atoms with Gasteiger partial charge in [-0.3, -0.25) is 10.1 Å². The summed E-state index contributed by atoms with van der Waals surface area (Å²) < 4.78 is 23.6. The van der Waals surface area contributed by atoms with E-state index in [4.69, 9.17) is 24.0 Å². The van der Waals surface area contributed by atoms with E-state index in [1.54, 1.807) is 49.2 Å². The van der Waals surface area contributed by atoms with Crippen LogP contribution in [-0.2, 0) is 14.9 Å². The predicted octanol–water partition coefficient (Wildman–Crippen LogP) is 6.76. The summed E-state index contributed by atoms with van der Waals surface area (Å²) in [5, 5.41) is 14.9. The first-order valence-electron chi connectivity index (χ1n) is 14.4. The zero-order valence-corrected chi connectivity index (χ0v) is 26.5. The summed E-state index contributed by atoms with van der Waals surface area (Å²) in [5.74, 6) is 2.68. The van der Waals surface area contributed by atoms with Crippen LogP contribution < -0.4 is 30.2 Å². The Morgan fingerprint density at radius 1 is 0.804 bits per heavy atom. The fraction of sp³-hybridized carbons (Fsp3) is 0.235. The zero-order valence-electron chi connectivity index (χ0n) is 26.5. The maximum Gasteiger partial charge on any atom is 0.324 e.